The van der Waals surface area contributed by atoms with Gasteiger partial charge in [-0.1, -0.05) is 28.1 Å². The zero-order chi connectivity index (χ0) is 14.5. The van der Waals surface area contributed by atoms with Gasteiger partial charge in [0.05, 0.1) is 6.21 Å². The van der Waals surface area contributed by atoms with Gasteiger partial charge in [0.15, 0.2) is 0 Å². The molecule has 0 spiro atoms. The molecule has 0 aliphatic carbocycles. The molecule has 7 heteroatoms. The molecule has 21 heavy (non-hydrogen) atoms. The molecule has 3 aromatic rings. The predicted octanol–water partition coefficient (Wildman–Crippen LogP) is 2.00. The standard InChI is InChI=1S/C14H12N6O/c21-13-8-6-11(7-9-13)10-15-20-14(17-18-19-20)16-12-4-2-1-3-5-12/h1-10,21H,(H,16,17,19). The lowest BCUT2D eigenvalue weighted by Gasteiger charge is -2.02. The van der Waals surface area contributed by atoms with Gasteiger partial charge in [0.25, 0.3) is 5.95 Å². The van der Waals surface area contributed by atoms with E-state index in [1.165, 1.54) is 4.79 Å². The first-order valence-corrected chi connectivity index (χ1v) is 6.25. The Labute approximate surface area is 120 Å². The van der Waals surface area contributed by atoms with Gasteiger partial charge >= 0.3 is 0 Å². The number of nitrogens with one attached hydrogen (secondary N) is 1. The van der Waals surface area contributed by atoms with E-state index in [0.29, 0.717) is 5.95 Å². The summed E-state index contributed by atoms with van der Waals surface area (Å²) < 4.78 is 0. The fourth-order valence-electron chi connectivity index (χ4n) is 1.67. The summed E-state index contributed by atoms with van der Waals surface area (Å²) in [6, 6.07) is 16.2. The highest BCUT2D eigenvalue weighted by atomic mass is 16.3. The van der Waals surface area contributed by atoms with Gasteiger partial charge in [0, 0.05) is 5.69 Å². The summed E-state index contributed by atoms with van der Waals surface area (Å²) in [5.74, 6) is 0.622. The van der Waals surface area contributed by atoms with Crippen molar-refractivity contribution >= 4 is 17.9 Å². The number of tetrazole rings is 1. The van der Waals surface area contributed by atoms with Crippen LogP contribution in [-0.2, 0) is 0 Å². The van der Waals surface area contributed by atoms with E-state index in [-0.39, 0.29) is 5.75 Å². The van der Waals surface area contributed by atoms with Gasteiger partial charge in [-0.2, -0.15) is 5.10 Å². The number of phenols is 1. The molecule has 0 saturated carbocycles. The maximum absolute atomic E-state index is 9.23. The summed E-state index contributed by atoms with van der Waals surface area (Å²) in [6.45, 7) is 0. The summed E-state index contributed by atoms with van der Waals surface area (Å²) in [4.78, 5) is 1.29. The van der Waals surface area contributed by atoms with E-state index >= 15 is 0 Å². The third-order valence-corrected chi connectivity index (χ3v) is 2.69. The number of aromatic nitrogens is 4. The van der Waals surface area contributed by atoms with E-state index in [1.807, 2.05) is 30.3 Å². The zero-order valence-electron chi connectivity index (χ0n) is 11.0. The van der Waals surface area contributed by atoms with Crippen molar-refractivity contribution in [2.45, 2.75) is 0 Å². The first-order valence-electron chi connectivity index (χ1n) is 6.25. The van der Waals surface area contributed by atoms with E-state index in [4.69, 9.17) is 0 Å². The maximum atomic E-state index is 9.23. The van der Waals surface area contributed by atoms with Crippen LogP contribution in [0, 0.1) is 0 Å². The van der Waals surface area contributed by atoms with Crippen molar-refractivity contribution in [3.63, 3.8) is 0 Å². The Hall–Kier alpha value is -3.22. The van der Waals surface area contributed by atoms with E-state index in [1.54, 1.807) is 30.5 Å². The average Bonchev–Trinajstić information content (AvgIpc) is 2.95. The molecule has 2 aromatic carbocycles. The van der Waals surface area contributed by atoms with Crippen LogP contribution in [0.2, 0.25) is 0 Å². The molecular weight excluding hydrogens is 268 g/mol. The number of benzene rings is 2. The third kappa shape index (κ3) is 3.21. The fourth-order valence-corrected chi connectivity index (χ4v) is 1.67. The van der Waals surface area contributed by atoms with Crippen LogP contribution < -0.4 is 5.32 Å². The lowest BCUT2D eigenvalue weighted by molar-refractivity contribution is 0.475. The number of hydrogen-bond donors (Lipinski definition) is 2. The van der Waals surface area contributed by atoms with Gasteiger partial charge < -0.3 is 10.4 Å². The van der Waals surface area contributed by atoms with Gasteiger partial charge in [-0.05, 0) is 52.4 Å². The molecule has 1 heterocycles. The lowest BCUT2D eigenvalue weighted by Crippen LogP contribution is -2.01. The highest BCUT2D eigenvalue weighted by Gasteiger charge is 2.04. The van der Waals surface area contributed by atoms with Crippen LogP contribution in [0.3, 0.4) is 0 Å². The van der Waals surface area contributed by atoms with Gasteiger partial charge in [-0.15, -0.1) is 0 Å². The minimum atomic E-state index is 0.209. The minimum Gasteiger partial charge on any atom is -0.508 e. The van der Waals surface area contributed by atoms with E-state index in [0.717, 1.165) is 11.3 Å². The summed E-state index contributed by atoms with van der Waals surface area (Å²) >= 11 is 0. The predicted molar refractivity (Wildman–Crippen MR) is 78.6 cm³/mol. The quantitative estimate of drug-likeness (QED) is 0.714. The second-order valence-corrected chi connectivity index (χ2v) is 4.22. The second kappa shape index (κ2) is 5.83. The first-order chi connectivity index (χ1) is 10.3. The number of hydrogen-bond acceptors (Lipinski definition) is 6. The maximum Gasteiger partial charge on any atom is 0.269 e. The topological polar surface area (TPSA) is 88.2 Å². The highest BCUT2D eigenvalue weighted by Crippen LogP contribution is 2.12. The van der Waals surface area contributed by atoms with Crippen LogP contribution in [0.25, 0.3) is 0 Å². The Balaban J connectivity index is 1.78. The van der Waals surface area contributed by atoms with Crippen LogP contribution >= 0.6 is 0 Å². The molecule has 0 fully saturated rings. The van der Waals surface area contributed by atoms with Crippen molar-refractivity contribution in [1.82, 2.24) is 20.3 Å². The van der Waals surface area contributed by atoms with Crippen LogP contribution in [-0.4, -0.2) is 31.6 Å². The molecule has 0 saturated heterocycles. The Morgan fingerprint density at radius 2 is 1.81 bits per heavy atom. The monoisotopic (exact) mass is 280 g/mol. The van der Waals surface area contributed by atoms with Crippen LogP contribution in [0.4, 0.5) is 11.6 Å². The van der Waals surface area contributed by atoms with E-state index in [9.17, 15) is 5.11 Å². The molecule has 0 unspecified atom stereocenters. The lowest BCUT2D eigenvalue weighted by atomic mass is 10.2. The van der Waals surface area contributed by atoms with Gasteiger partial charge in [0.2, 0.25) is 0 Å². The SMILES string of the molecule is Oc1ccc(C=Nn2nnnc2Nc2ccccc2)cc1. The summed E-state index contributed by atoms with van der Waals surface area (Å²) in [5.41, 5.74) is 1.70. The van der Waals surface area contributed by atoms with Crippen molar-refractivity contribution in [3.8, 4) is 5.75 Å². The molecule has 0 radical (unpaired) electrons. The average molecular weight is 280 g/mol. The Morgan fingerprint density at radius 3 is 2.57 bits per heavy atom. The van der Waals surface area contributed by atoms with Crippen molar-refractivity contribution < 1.29 is 5.11 Å². The Bertz CT molecular complexity index is 736. The number of para-hydroxylation sites is 1. The number of phenolic OH excluding ortho intramolecular Hbond substituents is 1. The van der Waals surface area contributed by atoms with Gasteiger partial charge in [-0.3, -0.25) is 0 Å². The van der Waals surface area contributed by atoms with Crippen molar-refractivity contribution in [2.75, 3.05) is 5.32 Å². The number of aromatic hydroxyl groups is 1. The Kier molecular flexibility index (Phi) is 3.55. The summed E-state index contributed by atoms with van der Waals surface area (Å²) in [7, 11) is 0. The molecule has 1 aromatic heterocycles. The normalized spacial score (nSPS) is 10.9. The molecular formula is C14H12N6O. The molecule has 7 nitrogen and oxygen atoms in total. The molecule has 0 aliphatic rings. The number of rotatable bonds is 4. The first kappa shape index (κ1) is 12.8. The van der Waals surface area contributed by atoms with Crippen molar-refractivity contribution in [2.24, 2.45) is 5.10 Å². The largest absolute Gasteiger partial charge is 0.508 e. The summed E-state index contributed by atoms with van der Waals surface area (Å²) in [6.07, 6.45) is 1.60. The van der Waals surface area contributed by atoms with E-state index in [2.05, 4.69) is 25.9 Å². The molecule has 0 bridgehead atoms. The fraction of sp³-hybridized carbons (Fsp3) is 0. The second-order valence-electron chi connectivity index (χ2n) is 4.22. The molecule has 104 valence electrons. The van der Waals surface area contributed by atoms with E-state index < -0.39 is 0 Å². The molecule has 2 N–H and O–H groups in total. The molecule has 0 atom stereocenters. The number of anilines is 2. The molecule has 3 rings (SSSR count). The highest BCUT2D eigenvalue weighted by molar-refractivity contribution is 5.79. The van der Waals surface area contributed by atoms with Crippen LogP contribution in [0.15, 0.2) is 59.7 Å². The van der Waals surface area contributed by atoms with Gasteiger partial charge in [-0.25, -0.2) is 0 Å². The van der Waals surface area contributed by atoms with Crippen molar-refractivity contribution in [1.29, 1.82) is 0 Å². The molecule has 0 aliphatic heterocycles. The number of nitrogens with zero attached hydrogens (tertiary/aromatic N) is 5. The zero-order valence-corrected chi connectivity index (χ0v) is 11.0. The smallest absolute Gasteiger partial charge is 0.269 e. The Morgan fingerprint density at radius 1 is 1.05 bits per heavy atom. The van der Waals surface area contributed by atoms with Crippen molar-refractivity contribution in [3.05, 3.63) is 60.2 Å². The molecule has 0 amide bonds. The minimum absolute atomic E-state index is 0.209. The van der Waals surface area contributed by atoms with Crippen LogP contribution in [0.1, 0.15) is 5.56 Å². The van der Waals surface area contributed by atoms with Crippen LogP contribution in [0.5, 0.6) is 5.75 Å². The summed E-state index contributed by atoms with van der Waals surface area (Å²) in [5, 5.41) is 27.7. The van der Waals surface area contributed by atoms with Gasteiger partial charge in [0.1, 0.15) is 5.75 Å². The third-order valence-electron chi connectivity index (χ3n) is 2.69.